The summed E-state index contributed by atoms with van der Waals surface area (Å²) in [6.07, 6.45) is 75.0. The van der Waals surface area contributed by atoms with Crippen LogP contribution in [0.2, 0.25) is 0 Å². The van der Waals surface area contributed by atoms with E-state index in [1.54, 1.807) is 0 Å². The number of hydrogen-bond donors (Lipinski definition) is 0. The van der Waals surface area contributed by atoms with Gasteiger partial charge in [-0.2, -0.15) is 0 Å². The van der Waals surface area contributed by atoms with Crippen LogP contribution in [-0.4, -0.2) is 37.9 Å². The van der Waals surface area contributed by atoms with Gasteiger partial charge in [-0.05, 0) is 51.4 Å². The largest absolute Gasteiger partial charge is 0.462 e. The van der Waals surface area contributed by atoms with Crippen molar-refractivity contribution in [2.45, 2.75) is 361 Å². The lowest BCUT2D eigenvalue weighted by Gasteiger charge is -2.18. The van der Waals surface area contributed by atoms with E-state index in [9.17, 15) is 9.59 Å². The van der Waals surface area contributed by atoms with E-state index in [4.69, 9.17) is 14.2 Å². The molecule has 1 unspecified atom stereocenters. The van der Waals surface area contributed by atoms with Crippen molar-refractivity contribution in [3.05, 3.63) is 24.3 Å². The Balaban J connectivity index is 4.21. The highest BCUT2D eigenvalue weighted by Crippen LogP contribution is 2.18. The molecule has 0 saturated heterocycles. The van der Waals surface area contributed by atoms with Gasteiger partial charge in [0, 0.05) is 19.4 Å². The first kappa shape index (κ1) is 68.4. The van der Waals surface area contributed by atoms with Gasteiger partial charge >= 0.3 is 11.9 Å². The summed E-state index contributed by atoms with van der Waals surface area (Å²) >= 11 is 0. The summed E-state index contributed by atoms with van der Waals surface area (Å²) in [4.78, 5) is 25.6. The van der Waals surface area contributed by atoms with Crippen molar-refractivity contribution in [1.29, 1.82) is 0 Å². The standard InChI is InChI=1S/C65H124O5/c1-4-7-10-13-16-19-22-25-28-31-33-35-37-40-43-46-49-52-55-58-64(66)69-62-63(61-68-60-57-54-51-48-45-42-39-36-32-29-26-23-20-17-14-11-8-5-2)70-65(67)59-56-53-50-47-44-41-38-34-30-27-24-21-18-15-12-9-6-3/h17,20,26,29,63H,4-16,18-19,21-25,27-28,30-62H2,1-3H3/b20-17-,29-26-. The Bertz CT molecular complexity index is 1070. The fourth-order valence-electron chi connectivity index (χ4n) is 9.72. The molecule has 5 heteroatoms. The van der Waals surface area contributed by atoms with Crippen LogP contribution in [0.3, 0.4) is 0 Å². The molecule has 0 spiro atoms. The first-order valence-corrected chi connectivity index (χ1v) is 31.9. The second-order valence-corrected chi connectivity index (χ2v) is 21.7. The maximum atomic E-state index is 12.9. The molecule has 414 valence electrons. The molecule has 0 radical (unpaired) electrons. The maximum Gasteiger partial charge on any atom is 0.306 e. The number of ether oxygens (including phenoxy) is 3. The van der Waals surface area contributed by atoms with Gasteiger partial charge in [0.1, 0.15) is 6.61 Å². The highest BCUT2D eigenvalue weighted by molar-refractivity contribution is 5.70. The molecule has 0 amide bonds. The van der Waals surface area contributed by atoms with Crippen molar-refractivity contribution in [2.75, 3.05) is 19.8 Å². The van der Waals surface area contributed by atoms with Crippen LogP contribution in [0.25, 0.3) is 0 Å². The Morgan fingerprint density at radius 2 is 0.600 bits per heavy atom. The lowest BCUT2D eigenvalue weighted by Crippen LogP contribution is -2.30. The number of allylic oxidation sites excluding steroid dienone is 4. The fourth-order valence-corrected chi connectivity index (χ4v) is 9.72. The van der Waals surface area contributed by atoms with Crippen LogP contribution in [0.5, 0.6) is 0 Å². The first-order valence-electron chi connectivity index (χ1n) is 31.9. The quantitative estimate of drug-likeness (QED) is 0.0345. The van der Waals surface area contributed by atoms with Crippen LogP contribution in [0.1, 0.15) is 355 Å². The molecular formula is C65H124O5. The highest BCUT2D eigenvalue weighted by Gasteiger charge is 2.18. The van der Waals surface area contributed by atoms with E-state index < -0.39 is 6.10 Å². The Labute approximate surface area is 438 Å². The van der Waals surface area contributed by atoms with E-state index in [1.165, 1.54) is 276 Å². The van der Waals surface area contributed by atoms with E-state index in [0.717, 1.165) is 44.9 Å². The molecule has 0 aromatic heterocycles. The molecular weight excluding hydrogens is 861 g/mol. The molecule has 0 N–H and O–H groups in total. The summed E-state index contributed by atoms with van der Waals surface area (Å²) in [5.74, 6) is -0.371. The number of carbonyl (C=O) groups excluding carboxylic acids is 2. The number of unbranched alkanes of at least 4 members (excludes halogenated alkanes) is 45. The first-order chi connectivity index (χ1) is 34.6. The Kier molecular flexibility index (Phi) is 60.3. The third kappa shape index (κ3) is 58.9. The minimum absolute atomic E-state index is 0.0920. The van der Waals surface area contributed by atoms with Crippen molar-refractivity contribution in [3.8, 4) is 0 Å². The van der Waals surface area contributed by atoms with Crippen molar-refractivity contribution in [1.82, 2.24) is 0 Å². The lowest BCUT2D eigenvalue weighted by atomic mass is 10.0. The van der Waals surface area contributed by atoms with E-state index in [-0.39, 0.29) is 18.5 Å². The minimum Gasteiger partial charge on any atom is -0.462 e. The summed E-state index contributed by atoms with van der Waals surface area (Å²) in [6, 6.07) is 0. The number of carbonyl (C=O) groups is 2. The topological polar surface area (TPSA) is 61.8 Å². The van der Waals surface area contributed by atoms with Crippen molar-refractivity contribution < 1.29 is 23.8 Å². The number of esters is 2. The van der Waals surface area contributed by atoms with Crippen LogP contribution in [-0.2, 0) is 23.8 Å². The molecule has 0 fully saturated rings. The minimum atomic E-state index is -0.533. The van der Waals surface area contributed by atoms with Crippen LogP contribution in [0.4, 0.5) is 0 Å². The summed E-state index contributed by atoms with van der Waals surface area (Å²) in [7, 11) is 0. The molecule has 0 saturated carbocycles. The van der Waals surface area contributed by atoms with Gasteiger partial charge in [-0.3, -0.25) is 9.59 Å². The van der Waals surface area contributed by atoms with Crippen LogP contribution >= 0.6 is 0 Å². The van der Waals surface area contributed by atoms with Crippen molar-refractivity contribution >= 4 is 11.9 Å². The van der Waals surface area contributed by atoms with Crippen LogP contribution in [0, 0.1) is 0 Å². The van der Waals surface area contributed by atoms with Crippen molar-refractivity contribution in [2.24, 2.45) is 0 Å². The molecule has 1 atom stereocenters. The molecule has 0 aliphatic carbocycles. The molecule has 0 bridgehead atoms. The molecule has 0 aliphatic heterocycles. The summed E-state index contributed by atoms with van der Waals surface area (Å²) in [6.45, 7) is 7.88. The van der Waals surface area contributed by atoms with Gasteiger partial charge in [-0.1, -0.05) is 315 Å². The number of rotatable bonds is 60. The zero-order chi connectivity index (χ0) is 50.6. The summed E-state index contributed by atoms with van der Waals surface area (Å²) < 4.78 is 17.6. The zero-order valence-corrected chi connectivity index (χ0v) is 47.8. The van der Waals surface area contributed by atoms with Gasteiger partial charge in [0.05, 0.1) is 6.61 Å². The Morgan fingerprint density at radius 1 is 0.314 bits per heavy atom. The molecule has 70 heavy (non-hydrogen) atoms. The van der Waals surface area contributed by atoms with E-state index in [1.807, 2.05) is 0 Å². The van der Waals surface area contributed by atoms with Gasteiger partial charge in [0.2, 0.25) is 0 Å². The van der Waals surface area contributed by atoms with Crippen LogP contribution < -0.4 is 0 Å². The molecule has 0 rings (SSSR count). The van der Waals surface area contributed by atoms with Crippen molar-refractivity contribution in [3.63, 3.8) is 0 Å². The predicted molar refractivity (Wildman–Crippen MR) is 307 cm³/mol. The maximum absolute atomic E-state index is 12.9. The monoisotopic (exact) mass is 985 g/mol. The summed E-state index contributed by atoms with van der Waals surface area (Å²) in [5, 5.41) is 0. The third-order valence-corrected chi connectivity index (χ3v) is 14.5. The molecule has 0 aliphatic rings. The van der Waals surface area contributed by atoms with E-state index in [2.05, 4.69) is 45.1 Å². The zero-order valence-electron chi connectivity index (χ0n) is 47.8. The van der Waals surface area contributed by atoms with Gasteiger partial charge in [-0.15, -0.1) is 0 Å². The molecule has 0 heterocycles. The average molecular weight is 986 g/mol. The molecule has 0 aromatic carbocycles. The van der Waals surface area contributed by atoms with Crippen LogP contribution in [0.15, 0.2) is 24.3 Å². The SMILES string of the molecule is CCCCC/C=C\C/C=C\CCCCCCCCCCOCC(COC(=O)CCCCCCCCCCCCCCCCCCCCC)OC(=O)CCCCCCCCCCCCCCCCCCC. The second kappa shape index (κ2) is 61.7. The normalized spacial score (nSPS) is 12.2. The average Bonchev–Trinajstić information content (AvgIpc) is 3.36. The Hall–Kier alpha value is -1.62. The van der Waals surface area contributed by atoms with E-state index in [0.29, 0.717) is 26.1 Å². The predicted octanol–water partition coefficient (Wildman–Crippen LogP) is 21.9. The Morgan fingerprint density at radius 3 is 0.971 bits per heavy atom. The third-order valence-electron chi connectivity index (χ3n) is 14.5. The van der Waals surface area contributed by atoms with E-state index >= 15 is 0 Å². The molecule has 5 nitrogen and oxygen atoms in total. The fraction of sp³-hybridized carbons (Fsp3) is 0.908. The van der Waals surface area contributed by atoms with Gasteiger partial charge < -0.3 is 14.2 Å². The smallest absolute Gasteiger partial charge is 0.306 e. The van der Waals surface area contributed by atoms with Gasteiger partial charge in [-0.25, -0.2) is 0 Å². The van der Waals surface area contributed by atoms with Gasteiger partial charge in [0.25, 0.3) is 0 Å². The lowest BCUT2D eigenvalue weighted by molar-refractivity contribution is -0.163. The highest BCUT2D eigenvalue weighted by atomic mass is 16.6. The summed E-state index contributed by atoms with van der Waals surface area (Å²) in [5.41, 5.74) is 0. The second-order valence-electron chi connectivity index (χ2n) is 21.7. The molecule has 0 aromatic rings. The van der Waals surface area contributed by atoms with Gasteiger partial charge in [0.15, 0.2) is 6.10 Å². The number of hydrogen-bond acceptors (Lipinski definition) is 5.